The number of carbonyl (C=O) groups is 1. The second kappa shape index (κ2) is 12.2. The first-order valence-corrected chi connectivity index (χ1v) is 12.4. The highest BCUT2D eigenvalue weighted by atomic mass is 19.5. The molecule has 0 fully saturated rings. The van der Waals surface area contributed by atoms with Gasteiger partial charge in [-0.15, -0.1) is 0 Å². The number of benzene rings is 3. The van der Waals surface area contributed by atoms with E-state index in [9.17, 15) is 22.1 Å². The van der Waals surface area contributed by atoms with Crippen LogP contribution in [0, 0.1) is 13.8 Å². The van der Waals surface area contributed by atoms with Crippen molar-refractivity contribution in [2.45, 2.75) is 34.6 Å². The van der Waals surface area contributed by atoms with E-state index in [1.807, 2.05) is 50.2 Å². The maximum absolute atomic E-state index is 12.8. The zero-order valence-corrected chi connectivity index (χ0v) is 22.0. The van der Waals surface area contributed by atoms with Gasteiger partial charge in [-0.05, 0) is 75.1 Å². The fraction of sp³-hybridized carbons (Fsp3) is 0.286. The van der Waals surface area contributed by atoms with Crippen molar-refractivity contribution in [1.82, 2.24) is 0 Å². The van der Waals surface area contributed by atoms with E-state index in [4.69, 9.17) is 9.15 Å². The Kier molecular flexibility index (Phi) is 9.19. The summed E-state index contributed by atoms with van der Waals surface area (Å²) >= 11 is 0. The van der Waals surface area contributed by atoms with Crippen molar-refractivity contribution >= 4 is 29.9 Å². The van der Waals surface area contributed by atoms with Crippen LogP contribution >= 0.6 is 0 Å². The molecule has 0 unspecified atom stereocenters. The minimum absolute atomic E-state index is 0.325. The quantitative estimate of drug-likeness (QED) is 0.121. The van der Waals surface area contributed by atoms with Crippen molar-refractivity contribution in [2.24, 2.45) is 4.99 Å². The highest BCUT2D eigenvalue weighted by Gasteiger charge is 2.22. The average Bonchev–Trinajstić information content (AvgIpc) is 2.84. The van der Waals surface area contributed by atoms with Crippen LogP contribution in [0.15, 0.2) is 57.9 Å². The second-order valence-corrected chi connectivity index (χ2v) is 8.52. The lowest BCUT2D eigenvalue weighted by Gasteiger charge is -2.19. The van der Waals surface area contributed by atoms with Gasteiger partial charge in [0, 0.05) is 41.9 Å². The predicted octanol–water partition coefficient (Wildman–Crippen LogP) is 7.65. The van der Waals surface area contributed by atoms with Crippen LogP contribution in [-0.2, 0) is 4.74 Å². The molecule has 2 aromatic carbocycles. The molecule has 10 heteroatoms. The highest BCUT2D eigenvalue weighted by molar-refractivity contribution is 6.50. The summed E-state index contributed by atoms with van der Waals surface area (Å²) in [7, 11) is -6.00. The molecule has 202 valence electrons. The standard InChI is InChI=1S/C28H30N2O3.BF4/c1-6-29-23-15-25-19(13-17(23)4)14-22-26(33-25)16-24(30-7-2)18(5)27(22)20-11-9-10-12-21(20)28(31)32-8-3;2-1(3,4)5/h9-16,30H,6-8H2,1-5H3;/q;-1. The number of nitrogens with one attached hydrogen (secondary N) is 1. The zero-order chi connectivity index (χ0) is 28.0. The smallest absolute Gasteiger partial charge is 0.462 e. The molecular formula is C28H30BF4N2O3-. The predicted molar refractivity (Wildman–Crippen MR) is 144 cm³/mol. The third kappa shape index (κ3) is 6.73. The summed E-state index contributed by atoms with van der Waals surface area (Å²) in [4.78, 5) is 17.4. The summed E-state index contributed by atoms with van der Waals surface area (Å²) in [5.74, 6) is 0.463. The van der Waals surface area contributed by atoms with E-state index in [1.54, 1.807) is 0 Å². The minimum Gasteiger partial charge on any atom is -0.462 e. The van der Waals surface area contributed by atoms with Crippen LogP contribution in [0.4, 0.5) is 23.0 Å². The highest BCUT2D eigenvalue weighted by Crippen LogP contribution is 2.41. The normalized spacial score (nSPS) is 11.9. The number of esters is 1. The van der Waals surface area contributed by atoms with Crippen LogP contribution in [0.25, 0.3) is 33.4 Å². The molecule has 1 N–H and O–H groups in total. The first kappa shape index (κ1) is 28.8. The second-order valence-electron chi connectivity index (χ2n) is 8.52. The van der Waals surface area contributed by atoms with Gasteiger partial charge < -0.3 is 31.7 Å². The summed E-state index contributed by atoms with van der Waals surface area (Å²) in [6.45, 7) is 11.9. The van der Waals surface area contributed by atoms with Crippen LogP contribution < -0.4 is 10.7 Å². The first-order valence-electron chi connectivity index (χ1n) is 12.4. The van der Waals surface area contributed by atoms with E-state index in [0.717, 1.165) is 68.7 Å². The van der Waals surface area contributed by atoms with Gasteiger partial charge in [-0.25, -0.2) is 4.79 Å². The molecule has 0 saturated carbocycles. The van der Waals surface area contributed by atoms with Gasteiger partial charge in [0.25, 0.3) is 0 Å². The van der Waals surface area contributed by atoms with E-state index in [2.05, 4.69) is 43.2 Å². The number of nitrogens with zero attached hydrogens (tertiary/aromatic N) is 1. The van der Waals surface area contributed by atoms with E-state index in [1.165, 1.54) is 0 Å². The van der Waals surface area contributed by atoms with E-state index < -0.39 is 7.25 Å². The maximum atomic E-state index is 12.8. The third-order valence-electron chi connectivity index (χ3n) is 5.82. The van der Waals surface area contributed by atoms with Gasteiger partial charge in [0.15, 0.2) is 0 Å². The molecule has 0 spiro atoms. The van der Waals surface area contributed by atoms with Gasteiger partial charge in [-0.2, -0.15) is 0 Å². The number of hydrogen-bond acceptors (Lipinski definition) is 5. The monoisotopic (exact) mass is 529 g/mol. The summed E-state index contributed by atoms with van der Waals surface area (Å²) < 4.78 is 50.8. The van der Waals surface area contributed by atoms with Crippen molar-refractivity contribution in [3.05, 3.63) is 70.6 Å². The summed E-state index contributed by atoms with van der Waals surface area (Å²) in [6.07, 6.45) is 0. The molecule has 38 heavy (non-hydrogen) atoms. The molecule has 0 saturated heterocycles. The van der Waals surface area contributed by atoms with Crippen molar-refractivity contribution in [2.75, 3.05) is 25.0 Å². The summed E-state index contributed by atoms with van der Waals surface area (Å²) in [5, 5.41) is 5.35. The molecule has 2 aromatic rings. The molecule has 0 radical (unpaired) electrons. The van der Waals surface area contributed by atoms with Crippen molar-refractivity contribution < 1.29 is 31.2 Å². The van der Waals surface area contributed by atoms with Gasteiger partial charge in [-0.3, -0.25) is 4.99 Å². The molecule has 0 aromatic heterocycles. The van der Waals surface area contributed by atoms with Gasteiger partial charge >= 0.3 is 13.2 Å². The largest absolute Gasteiger partial charge is 0.673 e. The fourth-order valence-corrected chi connectivity index (χ4v) is 4.33. The van der Waals surface area contributed by atoms with Crippen molar-refractivity contribution in [3.8, 4) is 22.5 Å². The number of anilines is 1. The Morgan fingerprint density at radius 1 is 1.03 bits per heavy atom. The number of halogens is 4. The molecule has 2 aliphatic rings. The lowest BCUT2D eigenvalue weighted by Crippen LogP contribution is -2.09. The summed E-state index contributed by atoms with van der Waals surface area (Å²) in [5.41, 5.74) is 7.25. The molecule has 0 amide bonds. The number of hydrogen-bond donors (Lipinski definition) is 1. The average molecular weight is 529 g/mol. The van der Waals surface area contributed by atoms with Crippen molar-refractivity contribution in [1.29, 1.82) is 0 Å². The molecule has 4 rings (SSSR count). The molecular weight excluding hydrogens is 499 g/mol. The lowest BCUT2D eigenvalue weighted by molar-refractivity contribution is 0.0527. The van der Waals surface area contributed by atoms with Crippen molar-refractivity contribution in [3.63, 3.8) is 0 Å². The number of aryl methyl sites for hydroxylation is 1. The van der Waals surface area contributed by atoms with Gasteiger partial charge in [0.1, 0.15) is 11.3 Å². The molecule has 1 heterocycles. The first-order chi connectivity index (χ1) is 18.0. The van der Waals surface area contributed by atoms with Crippen LogP contribution in [0.5, 0.6) is 0 Å². The molecule has 0 bridgehead atoms. The number of ether oxygens (including phenoxy) is 1. The third-order valence-corrected chi connectivity index (χ3v) is 5.82. The Bertz CT molecular complexity index is 1480. The molecule has 5 nitrogen and oxygen atoms in total. The topological polar surface area (TPSA) is 63.8 Å². The van der Waals surface area contributed by atoms with Crippen LogP contribution in [0.2, 0.25) is 0 Å². The van der Waals surface area contributed by atoms with E-state index >= 15 is 0 Å². The SMILES string of the molecule is CCN=c1cc2oc3cc(NCC)c(C)c(-c4ccccc4C(=O)OCC)c3cc-2cc1C.F[B-](F)(F)F. The number of rotatable bonds is 6. The fourth-order valence-electron chi connectivity index (χ4n) is 4.33. The molecule has 1 aliphatic carbocycles. The van der Waals surface area contributed by atoms with Gasteiger partial charge in [-0.1, -0.05) is 18.2 Å². The van der Waals surface area contributed by atoms with Gasteiger partial charge in [0.2, 0.25) is 0 Å². The Balaban J connectivity index is 0.000000732. The Labute approximate surface area is 219 Å². The van der Waals surface area contributed by atoms with E-state index in [0.29, 0.717) is 12.2 Å². The van der Waals surface area contributed by atoms with Crippen LogP contribution in [0.3, 0.4) is 0 Å². The zero-order valence-electron chi connectivity index (χ0n) is 22.0. The van der Waals surface area contributed by atoms with Crippen LogP contribution in [-0.4, -0.2) is 32.9 Å². The van der Waals surface area contributed by atoms with Gasteiger partial charge in [0.05, 0.1) is 17.5 Å². The molecule has 0 atom stereocenters. The Hall–Kier alpha value is -3.82. The van der Waals surface area contributed by atoms with Crippen LogP contribution in [0.1, 0.15) is 42.3 Å². The maximum Gasteiger partial charge on any atom is 0.673 e. The minimum atomic E-state index is -6.00. The molecule has 1 aliphatic heterocycles. The summed E-state index contributed by atoms with van der Waals surface area (Å²) in [6, 6.07) is 15.9. The number of carbonyl (C=O) groups excluding carboxylic acids is 1. The lowest BCUT2D eigenvalue weighted by atomic mass is 9.90. The van der Waals surface area contributed by atoms with E-state index in [-0.39, 0.29) is 5.97 Å². The number of fused-ring (bicyclic) bond motifs is 2. The Morgan fingerprint density at radius 2 is 1.71 bits per heavy atom. The Morgan fingerprint density at radius 3 is 2.34 bits per heavy atom.